The molecule has 0 radical (unpaired) electrons. The van der Waals surface area contributed by atoms with E-state index in [1.54, 1.807) is 18.5 Å². The summed E-state index contributed by atoms with van der Waals surface area (Å²) in [4.78, 5) is 22.4. The van der Waals surface area contributed by atoms with E-state index in [0.717, 1.165) is 10.2 Å². The molecule has 0 bridgehead atoms. The number of aromatic nitrogens is 2. The lowest BCUT2D eigenvalue weighted by Gasteiger charge is -2.23. The van der Waals surface area contributed by atoms with Gasteiger partial charge in [0.15, 0.2) is 0 Å². The Morgan fingerprint density at radius 3 is 2.76 bits per heavy atom. The smallest absolute Gasteiger partial charge is 0.239 e. The SMILES string of the molecule is C[C@@H](c1ccccn1)N(C)CC(=O)Nc1ccc(Br)cn1. The predicted molar refractivity (Wildman–Crippen MR) is 85.8 cm³/mol. The van der Waals surface area contributed by atoms with Crippen molar-refractivity contribution in [3.05, 3.63) is 52.9 Å². The number of anilines is 1. The summed E-state index contributed by atoms with van der Waals surface area (Å²) < 4.78 is 0.876. The van der Waals surface area contributed by atoms with Crippen LogP contribution in [0.25, 0.3) is 0 Å². The number of hydrogen-bond acceptors (Lipinski definition) is 4. The highest BCUT2D eigenvalue weighted by atomic mass is 79.9. The number of carbonyl (C=O) groups excluding carboxylic acids is 1. The standard InChI is InChI=1S/C15H17BrN4O/c1-11(13-5-3-4-8-17-13)20(2)10-15(21)19-14-7-6-12(16)9-18-14/h3-9,11H,10H2,1-2H3,(H,18,19,21)/t11-/m0/s1. The van der Waals surface area contributed by atoms with Gasteiger partial charge < -0.3 is 5.32 Å². The molecule has 0 aliphatic rings. The summed E-state index contributed by atoms with van der Waals surface area (Å²) in [5, 5.41) is 2.77. The fourth-order valence-electron chi connectivity index (χ4n) is 1.84. The first-order chi connectivity index (χ1) is 10.1. The van der Waals surface area contributed by atoms with E-state index in [9.17, 15) is 4.79 Å². The van der Waals surface area contributed by atoms with Gasteiger partial charge >= 0.3 is 0 Å². The molecular weight excluding hydrogens is 332 g/mol. The van der Waals surface area contributed by atoms with Crippen molar-refractivity contribution in [3.63, 3.8) is 0 Å². The number of hydrogen-bond donors (Lipinski definition) is 1. The Kier molecular flexibility index (Phi) is 5.41. The van der Waals surface area contributed by atoms with Gasteiger partial charge in [0.2, 0.25) is 5.91 Å². The third kappa shape index (κ3) is 4.61. The van der Waals surface area contributed by atoms with Gasteiger partial charge in [0.05, 0.1) is 12.2 Å². The van der Waals surface area contributed by atoms with Gasteiger partial charge in [-0.05, 0) is 54.2 Å². The van der Waals surface area contributed by atoms with Crippen molar-refractivity contribution in [1.29, 1.82) is 0 Å². The molecule has 0 saturated carbocycles. The van der Waals surface area contributed by atoms with Crippen LogP contribution < -0.4 is 5.32 Å². The first-order valence-corrected chi connectivity index (χ1v) is 7.38. The lowest BCUT2D eigenvalue weighted by molar-refractivity contribution is -0.117. The third-order valence-corrected chi connectivity index (χ3v) is 3.63. The van der Waals surface area contributed by atoms with Crippen molar-refractivity contribution in [2.45, 2.75) is 13.0 Å². The molecule has 21 heavy (non-hydrogen) atoms. The Bertz CT molecular complexity index is 588. The topological polar surface area (TPSA) is 58.1 Å². The number of amides is 1. The van der Waals surface area contributed by atoms with Gasteiger partial charge in [-0.1, -0.05) is 6.07 Å². The van der Waals surface area contributed by atoms with Crippen molar-refractivity contribution >= 4 is 27.7 Å². The van der Waals surface area contributed by atoms with Crippen LogP contribution in [0.3, 0.4) is 0 Å². The van der Waals surface area contributed by atoms with E-state index >= 15 is 0 Å². The second-order valence-electron chi connectivity index (χ2n) is 4.76. The second kappa shape index (κ2) is 7.28. The number of carbonyl (C=O) groups is 1. The van der Waals surface area contributed by atoms with Crippen LogP contribution >= 0.6 is 15.9 Å². The molecule has 110 valence electrons. The Labute approximate surface area is 132 Å². The molecule has 6 heteroatoms. The number of likely N-dealkylation sites (N-methyl/N-ethyl adjacent to an activating group) is 1. The fourth-order valence-corrected chi connectivity index (χ4v) is 2.08. The van der Waals surface area contributed by atoms with Crippen molar-refractivity contribution in [1.82, 2.24) is 14.9 Å². The normalized spacial score (nSPS) is 12.2. The molecule has 1 N–H and O–H groups in total. The molecule has 0 spiro atoms. The van der Waals surface area contributed by atoms with Crippen LogP contribution in [0.1, 0.15) is 18.7 Å². The van der Waals surface area contributed by atoms with Gasteiger partial charge in [0.25, 0.3) is 0 Å². The molecule has 0 aromatic carbocycles. The summed E-state index contributed by atoms with van der Waals surface area (Å²) in [6.07, 6.45) is 3.40. The van der Waals surface area contributed by atoms with E-state index in [1.807, 2.05) is 43.1 Å². The molecule has 2 aromatic rings. The van der Waals surface area contributed by atoms with E-state index in [-0.39, 0.29) is 18.5 Å². The maximum atomic E-state index is 12.0. The van der Waals surface area contributed by atoms with Gasteiger partial charge in [-0.2, -0.15) is 0 Å². The molecule has 0 unspecified atom stereocenters. The lowest BCUT2D eigenvalue weighted by Crippen LogP contribution is -2.32. The zero-order valence-corrected chi connectivity index (χ0v) is 13.5. The molecule has 0 saturated heterocycles. The van der Waals surface area contributed by atoms with Crippen molar-refractivity contribution in [3.8, 4) is 0 Å². The van der Waals surface area contributed by atoms with Crippen LogP contribution in [0.4, 0.5) is 5.82 Å². The molecule has 1 amide bonds. The van der Waals surface area contributed by atoms with Crippen molar-refractivity contribution < 1.29 is 4.79 Å². The quantitative estimate of drug-likeness (QED) is 0.902. The van der Waals surface area contributed by atoms with Crippen LogP contribution in [0.2, 0.25) is 0 Å². The lowest BCUT2D eigenvalue weighted by atomic mass is 10.2. The maximum Gasteiger partial charge on any atom is 0.239 e. The van der Waals surface area contributed by atoms with Gasteiger partial charge in [0.1, 0.15) is 5.82 Å². The molecule has 5 nitrogen and oxygen atoms in total. The maximum absolute atomic E-state index is 12.0. The number of halogens is 1. The highest BCUT2D eigenvalue weighted by Crippen LogP contribution is 2.15. The van der Waals surface area contributed by atoms with E-state index in [2.05, 4.69) is 31.2 Å². The molecule has 1 atom stereocenters. The summed E-state index contributed by atoms with van der Waals surface area (Å²) in [6, 6.07) is 9.43. The van der Waals surface area contributed by atoms with E-state index in [1.165, 1.54) is 0 Å². The van der Waals surface area contributed by atoms with Crippen molar-refractivity contribution in [2.75, 3.05) is 18.9 Å². The largest absolute Gasteiger partial charge is 0.310 e. The average Bonchev–Trinajstić information content (AvgIpc) is 2.49. The van der Waals surface area contributed by atoms with E-state index in [0.29, 0.717) is 5.82 Å². The first kappa shape index (κ1) is 15.6. The van der Waals surface area contributed by atoms with Crippen LogP contribution in [0.15, 0.2) is 47.2 Å². The summed E-state index contributed by atoms with van der Waals surface area (Å²) >= 11 is 3.31. The number of nitrogens with zero attached hydrogens (tertiary/aromatic N) is 3. The fraction of sp³-hybridized carbons (Fsp3) is 0.267. The monoisotopic (exact) mass is 348 g/mol. The zero-order valence-electron chi connectivity index (χ0n) is 12.0. The number of pyridine rings is 2. The molecule has 2 rings (SSSR count). The Morgan fingerprint density at radius 2 is 2.14 bits per heavy atom. The summed E-state index contributed by atoms with van der Waals surface area (Å²) in [6.45, 7) is 2.29. The zero-order chi connectivity index (χ0) is 15.2. The van der Waals surface area contributed by atoms with E-state index in [4.69, 9.17) is 0 Å². The van der Waals surface area contributed by atoms with Crippen LogP contribution in [-0.4, -0.2) is 34.4 Å². The Balaban J connectivity index is 1.91. The van der Waals surface area contributed by atoms with Gasteiger partial charge in [-0.15, -0.1) is 0 Å². The highest BCUT2D eigenvalue weighted by Gasteiger charge is 2.15. The molecule has 0 aliphatic carbocycles. The predicted octanol–water partition coefficient (Wildman–Crippen LogP) is 2.87. The van der Waals surface area contributed by atoms with E-state index < -0.39 is 0 Å². The molecule has 0 fully saturated rings. The van der Waals surface area contributed by atoms with Crippen LogP contribution in [-0.2, 0) is 4.79 Å². The molecule has 0 aliphatic heterocycles. The minimum absolute atomic E-state index is 0.0647. The Morgan fingerprint density at radius 1 is 1.33 bits per heavy atom. The summed E-state index contributed by atoms with van der Waals surface area (Å²) in [5.74, 6) is 0.442. The van der Waals surface area contributed by atoms with Crippen LogP contribution in [0.5, 0.6) is 0 Å². The molecule has 2 aromatic heterocycles. The second-order valence-corrected chi connectivity index (χ2v) is 5.67. The molecule has 2 heterocycles. The van der Waals surface area contributed by atoms with Crippen molar-refractivity contribution in [2.24, 2.45) is 0 Å². The highest BCUT2D eigenvalue weighted by molar-refractivity contribution is 9.10. The Hall–Kier alpha value is -1.79. The minimum atomic E-state index is -0.102. The van der Waals surface area contributed by atoms with Crippen LogP contribution in [0, 0.1) is 0 Å². The van der Waals surface area contributed by atoms with Gasteiger partial charge in [0, 0.05) is 22.9 Å². The minimum Gasteiger partial charge on any atom is -0.310 e. The number of nitrogens with one attached hydrogen (secondary N) is 1. The number of rotatable bonds is 5. The summed E-state index contributed by atoms with van der Waals surface area (Å²) in [7, 11) is 1.90. The summed E-state index contributed by atoms with van der Waals surface area (Å²) in [5.41, 5.74) is 0.939. The molecular formula is C15H17BrN4O. The third-order valence-electron chi connectivity index (χ3n) is 3.16. The van der Waals surface area contributed by atoms with Gasteiger partial charge in [-0.3, -0.25) is 14.7 Å². The van der Waals surface area contributed by atoms with Gasteiger partial charge in [-0.25, -0.2) is 4.98 Å². The average molecular weight is 349 g/mol. The first-order valence-electron chi connectivity index (χ1n) is 6.59.